The summed E-state index contributed by atoms with van der Waals surface area (Å²) in [6.07, 6.45) is 1.66. The van der Waals surface area contributed by atoms with Crippen molar-refractivity contribution in [2.45, 2.75) is 39.0 Å². The van der Waals surface area contributed by atoms with E-state index in [1.54, 1.807) is 31.2 Å². The number of benzene rings is 4. The Hall–Kier alpha value is -3.96. The Balaban J connectivity index is 1.41. The summed E-state index contributed by atoms with van der Waals surface area (Å²) in [7, 11) is 0. The van der Waals surface area contributed by atoms with Gasteiger partial charge in [0.25, 0.3) is 0 Å². The van der Waals surface area contributed by atoms with Crippen LogP contribution in [-0.2, 0) is 19.6 Å². The van der Waals surface area contributed by atoms with Crippen LogP contribution >= 0.6 is 0 Å². The highest BCUT2D eigenvalue weighted by atomic mass is 19.1. The maximum atomic E-state index is 16.3. The predicted molar refractivity (Wildman–Crippen MR) is 145 cm³/mol. The first-order valence-corrected chi connectivity index (χ1v) is 13.2. The van der Waals surface area contributed by atoms with Crippen molar-refractivity contribution in [1.82, 2.24) is 4.90 Å². The summed E-state index contributed by atoms with van der Waals surface area (Å²) in [4.78, 5) is 15.9. The van der Waals surface area contributed by atoms with Crippen molar-refractivity contribution in [3.63, 3.8) is 0 Å². The molecule has 6 rings (SSSR count). The van der Waals surface area contributed by atoms with Gasteiger partial charge in [-0.05, 0) is 55.5 Å². The molecule has 5 heteroatoms. The molecule has 4 aromatic carbocycles. The third kappa shape index (κ3) is 4.59. The van der Waals surface area contributed by atoms with Gasteiger partial charge in [-0.3, -0.25) is 4.90 Å². The van der Waals surface area contributed by atoms with E-state index in [1.807, 2.05) is 54.6 Å². The van der Waals surface area contributed by atoms with Crippen LogP contribution in [0.2, 0.25) is 0 Å². The Morgan fingerprint density at radius 3 is 2.24 bits per heavy atom. The van der Waals surface area contributed by atoms with Gasteiger partial charge in [-0.1, -0.05) is 78.9 Å². The molecule has 0 spiro atoms. The molecule has 2 atom stereocenters. The van der Waals surface area contributed by atoms with E-state index in [9.17, 15) is 4.79 Å². The van der Waals surface area contributed by atoms with Crippen LogP contribution in [0.3, 0.4) is 0 Å². The zero-order valence-electron chi connectivity index (χ0n) is 21.4. The number of ether oxygens (including phenoxy) is 2. The van der Waals surface area contributed by atoms with Crippen molar-refractivity contribution < 1.29 is 18.7 Å². The number of esters is 1. The van der Waals surface area contributed by atoms with Gasteiger partial charge in [-0.2, -0.15) is 0 Å². The number of para-hydroxylation sites is 1. The van der Waals surface area contributed by atoms with Crippen LogP contribution in [0.5, 0.6) is 11.5 Å². The van der Waals surface area contributed by atoms with Gasteiger partial charge < -0.3 is 9.47 Å². The molecule has 0 radical (unpaired) electrons. The van der Waals surface area contributed by atoms with Crippen LogP contribution in [0.4, 0.5) is 4.39 Å². The lowest BCUT2D eigenvalue weighted by Crippen LogP contribution is -2.25. The molecule has 1 fully saturated rings. The molecule has 2 unspecified atom stereocenters. The maximum Gasteiger partial charge on any atom is 0.347 e. The van der Waals surface area contributed by atoms with Crippen molar-refractivity contribution in [2.24, 2.45) is 5.92 Å². The Bertz CT molecular complexity index is 1440. The first kappa shape index (κ1) is 24.4. The standard InChI is InChI=1S/C33H30FNO3/c1-22-28(33(36)38-26-15-9-4-10-16-26)32(37-21-24-13-7-3-8-14-24)27-19-25-17-18-35(31(25)29(27)30(22)34)20-23-11-5-2-6-12-23/h2-16,25,31H,17-21H2,1H3. The summed E-state index contributed by atoms with van der Waals surface area (Å²) >= 11 is 0. The van der Waals surface area contributed by atoms with E-state index in [4.69, 9.17) is 9.47 Å². The lowest BCUT2D eigenvalue weighted by molar-refractivity contribution is 0.0727. The van der Waals surface area contributed by atoms with E-state index in [0.717, 1.165) is 30.6 Å². The summed E-state index contributed by atoms with van der Waals surface area (Å²) in [5.74, 6) is 0.230. The normalized spacial score (nSPS) is 18.2. The molecule has 1 saturated heterocycles. The fraction of sp³-hybridized carbons (Fsp3) is 0.242. The summed E-state index contributed by atoms with van der Waals surface area (Å²) in [6, 6.07) is 29.0. The molecule has 0 saturated carbocycles. The number of carbonyl (C=O) groups is 1. The van der Waals surface area contributed by atoms with E-state index < -0.39 is 5.97 Å². The largest absolute Gasteiger partial charge is 0.488 e. The van der Waals surface area contributed by atoms with Crippen LogP contribution in [0.15, 0.2) is 91.0 Å². The minimum atomic E-state index is -0.600. The van der Waals surface area contributed by atoms with Crippen LogP contribution in [-0.4, -0.2) is 17.4 Å². The average molecular weight is 508 g/mol. The number of hydrogen-bond donors (Lipinski definition) is 0. The van der Waals surface area contributed by atoms with Gasteiger partial charge in [0.15, 0.2) is 0 Å². The van der Waals surface area contributed by atoms with E-state index in [-0.39, 0.29) is 35.5 Å². The first-order valence-electron chi connectivity index (χ1n) is 13.2. The van der Waals surface area contributed by atoms with Crippen molar-refractivity contribution >= 4 is 5.97 Å². The van der Waals surface area contributed by atoms with Gasteiger partial charge in [0.2, 0.25) is 0 Å². The first-order chi connectivity index (χ1) is 18.6. The number of hydrogen-bond acceptors (Lipinski definition) is 4. The number of carbonyl (C=O) groups excluding carboxylic acids is 1. The lowest BCUT2D eigenvalue weighted by Gasteiger charge is -2.27. The van der Waals surface area contributed by atoms with Gasteiger partial charge in [0.1, 0.15) is 29.5 Å². The molecule has 0 aromatic heterocycles. The zero-order valence-corrected chi connectivity index (χ0v) is 21.4. The number of likely N-dealkylation sites (tertiary alicyclic amines) is 1. The summed E-state index contributed by atoms with van der Waals surface area (Å²) in [6.45, 7) is 3.63. The molecular formula is C33H30FNO3. The van der Waals surface area contributed by atoms with Gasteiger partial charge in [-0.15, -0.1) is 0 Å². The number of nitrogens with zero attached hydrogens (tertiary/aromatic N) is 1. The third-order valence-electron chi connectivity index (χ3n) is 7.77. The highest BCUT2D eigenvalue weighted by molar-refractivity contribution is 5.96. The molecule has 4 aromatic rings. The quantitative estimate of drug-likeness (QED) is 0.198. The van der Waals surface area contributed by atoms with Gasteiger partial charge in [0, 0.05) is 29.3 Å². The summed E-state index contributed by atoms with van der Waals surface area (Å²) < 4.78 is 28.3. The molecule has 4 nitrogen and oxygen atoms in total. The Kier molecular flexibility index (Phi) is 6.69. The van der Waals surface area contributed by atoms with E-state index in [1.165, 1.54) is 5.56 Å². The Morgan fingerprint density at radius 1 is 0.921 bits per heavy atom. The molecule has 1 aliphatic carbocycles. The second kappa shape index (κ2) is 10.4. The van der Waals surface area contributed by atoms with Gasteiger partial charge in [-0.25, -0.2) is 9.18 Å². The minimum Gasteiger partial charge on any atom is -0.488 e. The van der Waals surface area contributed by atoms with E-state index in [0.29, 0.717) is 23.5 Å². The Labute approximate surface area is 222 Å². The van der Waals surface area contributed by atoms with Crippen LogP contribution < -0.4 is 9.47 Å². The van der Waals surface area contributed by atoms with Crippen LogP contribution in [0, 0.1) is 18.7 Å². The maximum absolute atomic E-state index is 16.3. The fourth-order valence-electron chi connectivity index (χ4n) is 6.00. The highest BCUT2D eigenvalue weighted by Crippen LogP contribution is 2.52. The highest BCUT2D eigenvalue weighted by Gasteiger charge is 2.46. The molecule has 192 valence electrons. The molecule has 1 aliphatic heterocycles. The SMILES string of the molecule is Cc1c(F)c2c(c(OCc3ccccc3)c1C(=O)Oc1ccccc1)CC1CCN(Cc3ccccc3)C21. The van der Waals surface area contributed by atoms with Crippen molar-refractivity contribution in [2.75, 3.05) is 6.54 Å². The van der Waals surface area contributed by atoms with Crippen molar-refractivity contribution in [3.05, 3.63) is 130 Å². The predicted octanol–water partition coefficient (Wildman–Crippen LogP) is 7.05. The smallest absolute Gasteiger partial charge is 0.347 e. The monoisotopic (exact) mass is 507 g/mol. The van der Waals surface area contributed by atoms with E-state index in [2.05, 4.69) is 17.0 Å². The number of halogens is 1. The molecule has 38 heavy (non-hydrogen) atoms. The van der Waals surface area contributed by atoms with Crippen molar-refractivity contribution in [1.29, 1.82) is 0 Å². The molecule has 0 bridgehead atoms. The molecule has 0 N–H and O–H groups in total. The average Bonchev–Trinajstić information content (AvgIpc) is 3.51. The topological polar surface area (TPSA) is 38.8 Å². The van der Waals surface area contributed by atoms with E-state index >= 15 is 4.39 Å². The van der Waals surface area contributed by atoms with Gasteiger partial charge in [0.05, 0.1) is 0 Å². The number of rotatable bonds is 7. The molecule has 1 heterocycles. The Morgan fingerprint density at radius 2 is 1.55 bits per heavy atom. The molecule has 0 amide bonds. The van der Waals surface area contributed by atoms with Crippen LogP contribution in [0.25, 0.3) is 0 Å². The molecular weight excluding hydrogens is 477 g/mol. The lowest BCUT2D eigenvalue weighted by atomic mass is 9.96. The van der Waals surface area contributed by atoms with Gasteiger partial charge >= 0.3 is 5.97 Å². The second-order valence-corrected chi connectivity index (χ2v) is 10.2. The fourth-order valence-corrected chi connectivity index (χ4v) is 6.00. The second-order valence-electron chi connectivity index (χ2n) is 10.2. The van der Waals surface area contributed by atoms with Crippen molar-refractivity contribution in [3.8, 4) is 11.5 Å². The summed E-state index contributed by atoms with van der Waals surface area (Å²) in [5, 5.41) is 0. The number of fused-ring (bicyclic) bond motifs is 3. The summed E-state index contributed by atoms with van der Waals surface area (Å²) in [5.41, 5.74) is 4.13. The third-order valence-corrected chi connectivity index (χ3v) is 7.77. The minimum absolute atomic E-state index is 0.0397. The molecule has 2 aliphatic rings. The van der Waals surface area contributed by atoms with Crippen LogP contribution in [0.1, 0.15) is 50.6 Å². The zero-order chi connectivity index (χ0) is 26.1.